The Morgan fingerprint density at radius 3 is 2.70 bits per heavy atom. The van der Waals surface area contributed by atoms with Crippen molar-refractivity contribution in [3.8, 4) is 0 Å². The third-order valence-corrected chi connectivity index (χ3v) is 4.88. The lowest BCUT2D eigenvalue weighted by Crippen LogP contribution is -2.30. The lowest BCUT2D eigenvalue weighted by Gasteiger charge is -2.20. The van der Waals surface area contributed by atoms with Crippen LogP contribution in [0.15, 0.2) is 18.2 Å². The van der Waals surface area contributed by atoms with Gasteiger partial charge in [-0.2, -0.15) is 0 Å². The van der Waals surface area contributed by atoms with Crippen molar-refractivity contribution in [2.45, 2.75) is 44.9 Å². The van der Waals surface area contributed by atoms with Crippen molar-refractivity contribution < 1.29 is 4.79 Å². The number of hydrogen-bond acceptors (Lipinski definition) is 2. The molecule has 108 valence electrons. The van der Waals surface area contributed by atoms with E-state index in [9.17, 15) is 4.79 Å². The van der Waals surface area contributed by atoms with Gasteiger partial charge in [-0.3, -0.25) is 9.69 Å². The van der Waals surface area contributed by atoms with Gasteiger partial charge in [-0.25, -0.2) is 0 Å². The molecule has 0 N–H and O–H groups in total. The second kappa shape index (κ2) is 6.09. The van der Waals surface area contributed by atoms with Gasteiger partial charge in [0, 0.05) is 12.1 Å². The van der Waals surface area contributed by atoms with E-state index in [1.165, 1.54) is 49.7 Å². The summed E-state index contributed by atoms with van der Waals surface area (Å²) in [5.74, 6) is 1.09. The van der Waals surface area contributed by atoms with Gasteiger partial charge >= 0.3 is 0 Å². The Morgan fingerprint density at radius 2 is 1.90 bits per heavy atom. The fourth-order valence-corrected chi connectivity index (χ4v) is 3.78. The van der Waals surface area contributed by atoms with Crippen LogP contribution in [0.5, 0.6) is 0 Å². The largest absolute Gasteiger partial charge is 0.299 e. The van der Waals surface area contributed by atoms with E-state index in [0.717, 1.165) is 24.4 Å². The summed E-state index contributed by atoms with van der Waals surface area (Å²) in [5.41, 5.74) is 3.75. The predicted octanol–water partition coefficient (Wildman–Crippen LogP) is 3.48. The fraction of sp³-hybridized carbons (Fsp3) is 0.611. The van der Waals surface area contributed by atoms with Gasteiger partial charge in [-0.05, 0) is 62.3 Å². The van der Waals surface area contributed by atoms with E-state index in [2.05, 4.69) is 24.1 Å². The molecule has 1 aromatic carbocycles. The molecule has 0 spiro atoms. The fourth-order valence-electron chi connectivity index (χ4n) is 3.78. The van der Waals surface area contributed by atoms with Crippen LogP contribution in [0.3, 0.4) is 0 Å². The second-order valence-electron chi connectivity index (χ2n) is 6.61. The molecule has 0 heterocycles. The summed E-state index contributed by atoms with van der Waals surface area (Å²) >= 11 is 0. The molecule has 20 heavy (non-hydrogen) atoms. The maximum Gasteiger partial charge on any atom is 0.176 e. The minimum atomic E-state index is 0.278. The first kappa shape index (κ1) is 13.8. The summed E-state index contributed by atoms with van der Waals surface area (Å²) in [5, 5.41) is 0. The molecule has 2 nitrogen and oxygen atoms in total. The normalized spacial score (nSPS) is 18.7. The zero-order chi connectivity index (χ0) is 13.9. The van der Waals surface area contributed by atoms with E-state index >= 15 is 0 Å². The van der Waals surface area contributed by atoms with E-state index < -0.39 is 0 Å². The molecule has 2 aliphatic carbocycles. The van der Waals surface area contributed by atoms with Crippen LogP contribution in [-0.2, 0) is 12.8 Å². The maximum absolute atomic E-state index is 12.4. The average molecular weight is 271 g/mol. The number of nitrogens with zero attached hydrogens (tertiary/aromatic N) is 1. The lowest BCUT2D eigenvalue weighted by atomic mass is 10.0. The quantitative estimate of drug-likeness (QED) is 0.764. The Bertz CT molecular complexity index is 488. The van der Waals surface area contributed by atoms with Crippen molar-refractivity contribution in [3.05, 3.63) is 34.9 Å². The van der Waals surface area contributed by atoms with Crippen LogP contribution < -0.4 is 0 Å². The third-order valence-electron chi connectivity index (χ3n) is 4.88. The van der Waals surface area contributed by atoms with Crippen LogP contribution in [0.25, 0.3) is 0 Å². The van der Waals surface area contributed by atoms with E-state index in [0.29, 0.717) is 6.54 Å². The van der Waals surface area contributed by atoms with Crippen molar-refractivity contribution in [2.24, 2.45) is 5.92 Å². The standard InChI is InChI=1S/C18H25NO/c1-19(12-14-5-2-3-6-14)13-18(20)17-10-9-15-7-4-8-16(15)11-17/h9-11,14H,2-8,12-13H2,1H3. The van der Waals surface area contributed by atoms with E-state index in [4.69, 9.17) is 0 Å². The van der Waals surface area contributed by atoms with Gasteiger partial charge in [0.05, 0.1) is 6.54 Å². The summed E-state index contributed by atoms with van der Waals surface area (Å²) in [6, 6.07) is 6.32. The Hall–Kier alpha value is -1.15. The third kappa shape index (κ3) is 3.12. The Morgan fingerprint density at radius 1 is 1.15 bits per heavy atom. The molecule has 0 unspecified atom stereocenters. The molecule has 0 aliphatic heterocycles. The number of benzene rings is 1. The highest BCUT2D eigenvalue weighted by molar-refractivity contribution is 5.97. The summed E-state index contributed by atoms with van der Waals surface area (Å²) in [6.45, 7) is 1.64. The zero-order valence-electron chi connectivity index (χ0n) is 12.5. The molecule has 1 saturated carbocycles. The number of rotatable bonds is 5. The topological polar surface area (TPSA) is 20.3 Å². The van der Waals surface area contributed by atoms with E-state index in [1.807, 2.05) is 6.07 Å². The van der Waals surface area contributed by atoms with Gasteiger partial charge in [0.15, 0.2) is 5.78 Å². The molecular weight excluding hydrogens is 246 g/mol. The van der Waals surface area contributed by atoms with Crippen LogP contribution in [0, 0.1) is 5.92 Å². The molecule has 2 heteroatoms. The highest BCUT2D eigenvalue weighted by Gasteiger charge is 2.19. The van der Waals surface area contributed by atoms with Gasteiger partial charge in [0.25, 0.3) is 0 Å². The van der Waals surface area contributed by atoms with Gasteiger partial charge in [-0.15, -0.1) is 0 Å². The number of aryl methyl sites for hydroxylation is 2. The minimum Gasteiger partial charge on any atom is -0.299 e. The van der Waals surface area contributed by atoms with Crippen molar-refractivity contribution in [2.75, 3.05) is 20.1 Å². The van der Waals surface area contributed by atoms with Gasteiger partial charge in [0.2, 0.25) is 0 Å². The Balaban J connectivity index is 1.58. The van der Waals surface area contributed by atoms with Crippen molar-refractivity contribution in [3.63, 3.8) is 0 Å². The Kier molecular flexibility index (Phi) is 4.21. The lowest BCUT2D eigenvalue weighted by molar-refractivity contribution is 0.0938. The number of carbonyl (C=O) groups is 1. The molecule has 0 amide bonds. The van der Waals surface area contributed by atoms with Gasteiger partial charge < -0.3 is 0 Å². The van der Waals surface area contributed by atoms with Gasteiger partial charge in [0.1, 0.15) is 0 Å². The molecule has 0 atom stereocenters. The molecule has 0 bridgehead atoms. The number of Topliss-reactive ketones (excluding diaryl/α,β-unsaturated/α-hetero) is 1. The summed E-state index contributed by atoms with van der Waals surface area (Å²) in [6.07, 6.45) is 9.01. The summed E-state index contributed by atoms with van der Waals surface area (Å²) < 4.78 is 0. The van der Waals surface area contributed by atoms with Crippen molar-refractivity contribution in [1.82, 2.24) is 4.90 Å². The number of likely N-dealkylation sites (N-methyl/N-ethyl adjacent to an activating group) is 1. The SMILES string of the molecule is CN(CC(=O)c1ccc2c(c1)CCC2)CC1CCCC1. The average Bonchev–Trinajstić information content (AvgIpc) is 3.07. The molecule has 1 aromatic rings. The molecule has 1 fully saturated rings. The number of fused-ring (bicyclic) bond motifs is 1. The highest BCUT2D eigenvalue weighted by atomic mass is 16.1. The number of ketones is 1. The van der Waals surface area contributed by atoms with Crippen LogP contribution in [0.1, 0.15) is 53.6 Å². The Labute approximate surface area is 122 Å². The first-order chi connectivity index (χ1) is 9.72. The predicted molar refractivity (Wildman–Crippen MR) is 82.3 cm³/mol. The first-order valence-electron chi connectivity index (χ1n) is 8.06. The van der Waals surface area contributed by atoms with E-state index in [1.54, 1.807) is 0 Å². The monoisotopic (exact) mass is 271 g/mol. The molecule has 2 aliphatic rings. The van der Waals surface area contributed by atoms with E-state index in [-0.39, 0.29) is 5.78 Å². The number of carbonyl (C=O) groups excluding carboxylic acids is 1. The molecule has 0 radical (unpaired) electrons. The zero-order valence-corrected chi connectivity index (χ0v) is 12.5. The van der Waals surface area contributed by atoms with Gasteiger partial charge in [-0.1, -0.05) is 25.0 Å². The highest BCUT2D eigenvalue weighted by Crippen LogP contribution is 2.25. The van der Waals surface area contributed by atoms with Crippen LogP contribution in [-0.4, -0.2) is 30.8 Å². The van der Waals surface area contributed by atoms with Crippen molar-refractivity contribution in [1.29, 1.82) is 0 Å². The second-order valence-corrected chi connectivity index (χ2v) is 6.61. The van der Waals surface area contributed by atoms with Crippen LogP contribution >= 0.6 is 0 Å². The van der Waals surface area contributed by atoms with Crippen molar-refractivity contribution >= 4 is 5.78 Å². The maximum atomic E-state index is 12.4. The number of hydrogen-bond donors (Lipinski definition) is 0. The molecule has 0 saturated heterocycles. The molecular formula is C18H25NO. The minimum absolute atomic E-state index is 0.278. The van der Waals surface area contributed by atoms with Crippen LogP contribution in [0.2, 0.25) is 0 Å². The first-order valence-corrected chi connectivity index (χ1v) is 8.06. The summed E-state index contributed by atoms with van der Waals surface area (Å²) in [4.78, 5) is 14.6. The smallest absolute Gasteiger partial charge is 0.176 e. The molecule has 0 aromatic heterocycles. The summed E-state index contributed by atoms with van der Waals surface area (Å²) in [7, 11) is 2.09. The molecule has 3 rings (SSSR count). The van der Waals surface area contributed by atoms with Crippen LogP contribution in [0.4, 0.5) is 0 Å².